The average molecular weight is 182 g/mol. The van der Waals surface area contributed by atoms with E-state index in [1.54, 1.807) is 6.07 Å². The lowest BCUT2D eigenvalue weighted by Gasteiger charge is -1.99. The van der Waals surface area contributed by atoms with Crippen molar-refractivity contribution in [3.8, 4) is 0 Å². The van der Waals surface area contributed by atoms with Crippen LogP contribution in [0.15, 0.2) is 16.5 Å². The first kappa shape index (κ1) is 9.84. The van der Waals surface area contributed by atoms with Crippen LogP contribution in [0.5, 0.6) is 0 Å². The van der Waals surface area contributed by atoms with Crippen molar-refractivity contribution in [3.05, 3.63) is 23.7 Å². The molecule has 0 amide bonds. The standard InChI is InChI=1S/C10H14O3/c1-7(2)6-8-4-5-9(13-8)10(11)12-3/h4-5,7H,6H2,1-3H3. The zero-order chi connectivity index (χ0) is 9.84. The highest BCUT2D eigenvalue weighted by Crippen LogP contribution is 2.13. The Labute approximate surface area is 77.7 Å². The van der Waals surface area contributed by atoms with E-state index in [1.165, 1.54) is 7.11 Å². The molecule has 3 heteroatoms. The maximum absolute atomic E-state index is 11.0. The van der Waals surface area contributed by atoms with Crippen LogP contribution in [0.2, 0.25) is 0 Å². The summed E-state index contributed by atoms with van der Waals surface area (Å²) in [5.41, 5.74) is 0. The second kappa shape index (κ2) is 4.12. The molecule has 1 heterocycles. The Balaban J connectivity index is 2.69. The van der Waals surface area contributed by atoms with E-state index in [0.717, 1.165) is 12.2 Å². The second-order valence-corrected chi connectivity index (χ2v) is 3.36. The summed E-state index contributed by atoms with van der Waals surface area (Å²) in [5, 5.41) is 0. The first-order valence-electron chi connectivity index (χ1n) is 4.30. The van der Waals surface area contributed by atoms with Crippen molar-refractivity contribution in [2.75, 3.05) is 7.11 Å². The predicted molar refractivity (Wildman–Crippen MR) is 48.6 cm³/mol. The molecule has 13 heavy (non-hydrogen) atoms. The molecule has 0 atom stereocenters. The van der Waals surface area contributed by atoms with Gasteiger partial charge in [-0.05, 0) is 18.1 Å². The minimum absolute atomic E-state index is 0.276. The Hall–Kier alpha value is -1.25. The number of ether oxygens (including phenoxy) is 1. The molecule has 0 spiro atoms. The summed E-state index contributed by atoms with van der Waals surface area (Å²) in [5.74, 6) is 1.21. The Morgan fingerprint density at radius 1 is 1.54 bits per heavy atom. The van der Waals surface area contributed by atoms with Crippen molar-refractivity contribution in [2.45, 2.75) is 20.3 Å². The molecule has 0 fully saturated rings. The lowest BCUT2D eigenvalue weighted by molar-refractivity contribution is 0.0562. The lowest BCUT2D eigenvalue weighted by Crippen LogP contribution is -1.98. The molecule has 0 bridgehead atoms. The van der Waals surface area contributed by atoms with Crippen LogP contribution in [0.1, 0.15) is 30.2 Å². The molecule has 0 saturated heterocycles. The molecule has 0 aromatic carbocycles. The smallest absolute Gasteiger partial charge is 0.373 e. The summed E-state index contributed by atoms with van der Waals surface area (Å²) in [6.07, 6.45) is 0.844. The van der Waals surface area contributed by atoms with E-state index in [2.05, 4.69) is 18.6 Å². The van der Waals surface area contributed by atoms with Gasteiger partial charge in [0.25, 0.3) is 0 Å². The number of rotatable bonds is 3. The molecule has 1 aromatic rings. The summed E-state index contributed by atoms with van der Waals surface area (Å²) < 4.78 is 9.79. The molecule has 0 aliphatic rings. The van der Waals surface area contributed by atoms with Crippen LogP contribution in [0.3, 0.4) is 0 Å². The summed E-state index contributed by atoms with van der Waals surface area (Å²) in [4.78, 5) is 11.0. The van der Waals surface area contributed by atoms with Gasteiger partial charge in [0, 0.05) is 6.42 Å². The van der Waals surface area contributed by atoms with Gasteiger partial charge in [0.15, 0.2) is 0 Å². The number of hydrogen-bond acceptors (Lipinski definition) is 3. The Morgan fingerprint density at radius 3 is 2.77 bits per heavy atom. The van der Waals surface area contributed by atoms with E-state index in [0.29, 0.717) is 5.92 Å². The van der Waals surface area contributed by atoms with Crippen molar-refractivity contribution in [2.24, 2.45) is 5.92 Å². The fourth-order valence-corrected chi connectivity index (χ4v) is 1.10. The van der Waals surface area contributed by atoms with Crippen LogP contribution < -0.4 is 0 Å². The zero-order valence-electron chi connectivity index (χ0n) is 8.16. The van der Waals surface area contributed by atoms with Gasteiger partial charge in [0.05, 0.1) is 7.11 Å². The van der Waals surface area contributed by atoms with E-state index in [-0.39, 0.29) is 5.76 Å². The van der Waals surface area contributed by atoms with Crippen molar-refractivity contribution >= 4 is 5.97 Å². The van der Waals surface area contributed by atoms with Gasteiger partial charge < -0.3 is 9.15 Å². The van der Waals surface area contributed by atoms with Crippen molar-refractivity contribution < 1.29 is 13.9 Å². The van der Waals surface area contributed by atoms with E-state index < -0.39 is 5.97 Å². The summed E-state index contributed by atoms with van der Waals surface area (Å²) >= 11 is 0. The lowest BCUT2D eigenvalue weighted by atomic mass is 10.1. The highest BCUT2D eigenvalue weighted by molar-refractivity contribution is 5.86. The van der Waals surface area contributed by atoms with E-state index >= 15 is 0 Å². The minimum Gasteiger partial charge on any atom is -0.463 e. The largest absolute Gasteiger partial charge is 0.463 e. The first-order valence-corrected chi connectivity index (χ1v) is 4.30. The maximum Gasteiger partial charge on any atom is 0.373 e. The van der Waals surface area contributed by atoms with E-state index in [9.17, 15) is 4.79 Å². The van der Waals surface area contributed by atoms with Gasteiger partial charge in [-0.15, -0.1) is 0 Å². The number of carbonyl (C=O) groups excluding carboxylic acids is 1. The number of carbonyl (C=O) groups is 1. The van der Waals surface area contributed by atoms with E-state index in [4.69, 9.17) is 4.42 Å². The molecule has 0 unspecified atom stereocenters. The molecule has 0 saturated carbocycles. The summed E-state index contributed by atoms with van der Waals surface area (Å²) in [6.45, 7) is 4.20. The third-order valence-electron chi connectivity index (χ3n) is 1.66. The maximum atomic E-state index is 11.0. The highest BCUT2D eigenvalue weighted by Gasteiger charge is 2.11. The average Bonchev–Trinajstić information content (AvgIpc) is 2.50. The van der Waals surface area contributed by atoms with Crippen LogP contribution in [0.4, 0.5) is 0 Å². The van der Waals surface area contributed by atoms with Gasteiger partial charge in [0.2, 0.25) is 5.76 Å². The molecular formula is C10H14O3. The topological polar surface area (TPSA) is 39.4 Å². The molecule has 3 nitrogen and oxygen atoms in total. The molecule has 0 N–H and O–H groups in total. The molecule has 0 aliphatic carbocycles. The molecule has 1 rings (SSSR count). The van der Waals surface area contributed by atoms with Gasteiger partial charge >= 0.3 is 5.97 Å². The van der Waals surface area contributed by atoms with Gasteiger partial charge in [-0.1, -0.05) is 13.8 Å². The summed E-state index contributed by atoms with van der Waals surface area (Å²) in [6, 6.07) is 3.45. The van der Waals surface area contributed by atoms with Crippen LogP contribution >= 0.6 is 0 Å². The monoisotopic (exact) mass is 182 g/mol. The third-order valence-corrected chi connectivity index (χ3v) is 1.66. The molecule has 0 aliphatic heterocycles. The number of hydrogen-bond donors (Lipinski definition) is 0. The van der Waals surface area contributed by atoms with Crippen molar-refractivity contribution in [3.63, 3.8) is 0 Å². The van der Waals surface area contributed by atoms with Crippen LogP contribution in [-0.4, -0.2) is 13.1 Å². The molecule has 1 aromatic heterocycles. The normalized spacial score (nSPS) is 10.5. The van der Waals surface area contributed by atoms with Crippen molar-refractivity contribution in [1.29, 1.82) is 0 Å². The number of esters is 1. The first-order chi connectivity index (χ1) is 6.13. The van der Waals surface area contributed by atoms with Gasteiger partial charge in [-0.2, -0.15) is 0 Å². The number of methoxy groups -OCH3 is 1. The van der Waals surface area contributed by atoms with Gasteiger partial charge in [-0.3, -0.25) is 0 Å². The molecule has 0 radical (unpaired) electrons. The minimum atomic E-state index is -0.421. The van der Waals surface area contributed by atoms with Gasteiger partial charge in [-0.25, -0.2) is 4.79 Å². The second-order valence-electron chi connectivity index (χ2n) is 3.36. The Kier molecular flexibility index (Phi) is 3.12. The van der Waals surface area contributed by atoms with Crippen LogP contribution in [-0.2, 0) is 11.2 Å². The molecule has 72 valence electrons. The Morgan fingerprint density at radius 2 is 2.23 bits per heavy atom. The fraction of sp³-hybridized carbons (Fsp3) is 0.500. The predicted octanol–water partition coefficient (Wildman–Crippen LogP) is 2.26. The van der Waals surface area contributed by atoms with Crippen LogP contribution in [0, 0.1) is 5.92 Å². The SMILES string of the molecule is COC(=O)c1ccc(CC(C)C)o1. The quantitative estimate of drug-likeness (QED) is 0.673. The van der Waals surface area contributed by atoms with Crippen molar-refractivity contribution in [1.82, 2.24) is 0 Å². The highest BCUT2D eigenvalue weighted by atomic mass is 16.5. The van der Waals surface area contributed by atoms with E-state index in [1.807, 2.05) is 6.07 Å². The summed E-state index contributed by atoms with van der Waals surface area (Å²) in [7, 11) is 1.34. The zero-order valence-corrected chi connectivity index (χ0v) is 8.16. The molecular weight excluding hydrogens is 168 g/mol. The van der Waals surface area contributed by atoms with Crippen LogP contribution in [0.25, 0.3) is 0 Å². The fourth-order valence-electron chi connectivity index (χ4n) is 1.10. The third kappa shape index (κ3) is 2.61. The Bertz CT molecular complexity index is 286. The van der Waals surface area contributed by atoms with Gasteiger partial charge in [0.1, 0.15) is 5.76 Å². The number of furan rings is 1.